The van der Waals surface area contributed by atoms with Gasteiger partial charge in [-0.2, -0.15) is 0 Å². The van der Waals surface area contributed by atoms with Crippen molar-refractivity contribution in [2.45, 2.75) is 6.92 Å². The van der Waals surface area contributed by atoms with Gasteiger partial charge in [-0.3, -0.25) is 4.48 Å². The van der Waals surface area contributed by atoms with Crippen molar-refractivity contribution < 1.29 is 0 Å². The van der Waals surface area contributed by atoms with Crippen molar-refractivity contribution in [1.82, 2.24) is 4.48 Å². The highest BCUT2D eigenvalue weighted by Gasteiger charge is 2.13. The van der Waals surface area contributed by atoms with E-state index in [1.54, 1.807) is 0 Å². The van der Waals surface area contributed by atoms with Crippen LogP contribution in [0.5, 0.6) is 0 Å². The molecule has 1 aromatic carbocycles. The summed E-state index contributed by atoms with van der Waals surface area (Å²) in [5, 5.41) is 0. The Balaban J connectivity index is 0.00000121. The van der Waals surface area contributed by atoms with Gasteiger partial charge in [0.25, 0.3) is 0 Å². The number of quaternary nitrogens is 1. The molecule has 0 amide bonds. The first-order chi connectivity index (χ1) is 5.17. The minimum Gasteiger partial charge on any atom is -1.00 e. The summed E-state index contributed by atoms with van der Waals surface area (Å²) in [6.45, 7) is 3.33. The van der Waals surface area contributed by atoms with Crippen molar-refractivity contribution in [3.05, 3.63) is 30.3 Å². The second-order valence-corrected chi connectivity index (χ2v) is 3.34. The van der Waals surface area contributed by atoms with E-state index in [0.717, 1.165) is 11.0 Å². The second kappa shape index (κ2) is 4.32. The highest BCUT2D eigenvalue weighted by atomic mass is 15.3. The van der Waals surface area contributed by atoms with Crippen molar-refractivity contribution in [1.29, 1.82) is 0 Å². The zero-order valence-corrected chi connectivity index (χ0v) is 8.12. The fraction of sp³-hybridized carbons (Fsp3) is 0.400. The molecule has 4 radical (unpaired) electrons. The van der Waals surface area contributed by atoms with Crippen LogP contribution in [0.1, 0.15) is 6.92 Å². The number of hydrogen-bond donors (Lipinski definition) is 0. The van der Waals surface area contributed by atoms with Gasteiger partial charge >= 0.3 is 0 Å². The van der Waals surface area contributed by atoms with Crippen LogP contribution in [0.3, 0.4) is 0 Å². The van der Waals surface area contributed by atoms with Crippen molar-refractivity contribution in [2.75, 3.05) is 20.6 Å². The van der Waals surface area contributed by atoms with Gasteiger partial charge in [-0.05, 0) is 19.1 Å². The molecule has 0 saturated heterocycles. The Hall–Kier alpha value is -0.755. The van der Waals surface area contributed by atoms with E-state index in [1.807, 2.05) is 0 Å². The third kappa shape index (κ3) is 2.38. The number of para-hydroxylation sites is 1. The number of hydrogen-bond acceptors (Lipinski definition) is 0. The molecule has 0 spiro atoms. The summed E-state index contributed by atoms with van der Waals surface area (Å²) in [5.74, 6) is 0. The first-order valence-electron chi connectivity index (χ1n) is 4.05. The van der Waals surface area contributed by atoms with Crippen molar-refractivity contribution in [2.24, 2.45) is 0 Å². The van der Waals surface area contributed by atoms with Gasteiger partial charge in [-0.25, -0.2) is 0 Å². The summed E-state index contributed by atoms with van der Waals surface area (Å²) in [6, 6.07) is 10.6. The molecule has 0 fully saturated rings. The Labute approximate surface area is 77.2 Å². The second-order valence-electron chi connectivity index (χ2n) is 3.34. The summed E-state index contributed by atoms with van der Waals surface area (Å²) in [7, 11) is 4.44. The molecule has 0 unspecified atom stereocenters. The van der Waals surface area contributed by atoms with E-state index in [4.69, 9.17) is 0 Å². The van der Waals surface area contributed by atoms with Gasteiger partial charge in [0.2, 0.25) is 0 Å². The predicted molar refractivity (Wildman–Crippen MR) is 56.4 cm³/mol. The number of rotatable bonds is 2. The lowest BCUT2D eigenvalue weighted by Gasteiger charge is -2.27. The standard InChI is InChI=1S/C10H16N.B/c1-4-11(2,3)10-8-6-5-7-9-10;/h5-9H,4H2,1-3H3;/q+1;-1. The average Bonchev–Trinajstić information content (AvgIpc) is 2.06. The molecule has 0 saturated carbocycles. The Morgan fingerprint density at radius 2 is 1.58 bits per heavy atom. The van der Waals surface area contributed by atoms with E-state index in [9.17, 15) is 0 Å². The monoisotopic (exact) mass is 161 g/mol. The molecule has 0 atom stereocenters. The lowest BCUT2D eigenvalue weighted by Crippen LogP contribution is -2.39. The Bertz CT molecular complexity index is 219. The highest BCUT2D eigenvalue weighted by molar-refractivity contribution is 5.75. The molecule has 0 bridgehead atoms. The van der Waals surface area contributed by atoms with Crippen LogP contribution < -0.4 is 4.48 Å². The third-order valence-corrected chi connectivity index (χ3v) is 2.25. The largest absolute Gasteiger partial charge is 1.00 e. The van der Waals surface area contributed by atoms with Gasteiger partial charge in [-0.1, -0.05) is 18.2 Å². The SMILES string of the molecule is CC[N+](C)(C)c1ccccc1.[B-]. The minimum absolute atomic E-state index is 0. The Kier molecular flexibility index (Phi) is 4.04. The molecular formula is C10H16BN. The Morgan fingerprint density at radius 3 is 2.00 bits per heavy atom. The van der Waals surface area contributed by atoms with Gasteiger partial charge in [-0.15, -0.1) is 0 Å². The lowest BCUT2D eigenvalue weighted by atomic mass is 10.2. The maximum absolute atomic E-state index is 2.22. The van der Waals surface area contributed by atoms with Crippen molar-refractivity contribution in [3.63, 3.8) is 0 Å². The number of benzene rings is 1. The van der Waals surface area contributed by atoms with Crippen molar-refractivity contribution in [3.8, 4) is 0 Å². The van der Waals surface area contributed by atoms with E-state index in [1.165, 1.54) is 5.69 Å². The molecule has 0 heterocycles. The van der Waals surface area contributed by atoms with E-state index >= 15 is 0 Å². The van der Waals surface area contributed by atoms with Gasteiger partial charge in [0.1, 0.15) is 5.69 Å². The van der Waals surface area contributed by atoms with Gasteiger partial charge in [0, 0.05) is 0 Å². The van der Waals surface area contributed by atoms with Gasteiger partial charge < -0.3 is 8.41 Å². The molecule has 12 heavy (non-hydrogen) atoms. The zero-order valence-electron chi connectivity index (χ0n) is 8.12. The smallest absolute Gasteiger partial charge is 0.132 e. The maximum atomic E-state index is 2.22. The quantitative estimate of drug-likeness (QED) is 0.459. The Morgan fingerprint density at radius 1 is 1.08 bits per heavy atom. The van der Waals surface area contributed by atoms with Crippen LogP contribution >= 0.6 is 0 Å². The topological polar surface area (TPSA) is 0 Å². The van der Waals surface area contributed by atoms with Crippen LogP contribution in [0, 0.1) is 0 Å². The maximum Gasteiger partial charge on any atom is 0.132 e. The molecule has 1 aromatic rings. The van der Waals surface area contributed by atoms with Gasteiger partial charge in [0.15, 0.2) is 0 Å². The van der Waals surface area contributed by atoms with E-state index in [0.29, 0.717) is 0 Å². The lowest BCUT2D eigenvalue weighted by molar-refractivity contribution is 0.421. The van der Waals surface area contributed by atoms with Crippen LogP contribution in [-0.4, -0.2) is 29.1 Å². The first kappa shape index (κ1) is 11.2. The van der Waals surface area contributed by atoms with Gasteiger partial charge in [0.05, 0.1) is 20.6 Å². The molecule has 0 aliphatic carbocycles. The number of nitrogens with zero attached hydrogens (tertiary/aromatic N) is 1. The van der Waals surface area contributed by atoms with Crippen LogP contribution in [0.15, 0.2) is 30.3 Å². The summed E-state index contributed by atoms with van der Waals surface area (Å²) in [6.07, 6.45) is 0. The molecule has 0 aliphatic heterocycles. The third-order valence-electron chi connectivity index (χ3n) is 2.25. The highest BCUT2D eigenvalue weighted by Crippen LogP contribution is 2.16. The molecule has 1 rings (SSSR count). The predicted octanol–water partition coefficient (Wildman–Crippen LogP) is 1.89. The van der Waals surface area contributed by atoms with E-state index in [2.05, 4.69) is 51.4 Å². The van der Waals surface area contributed by atoms with Crippen LogP contribution in [-0.2, 0) is 0 Å². The zero-order chi connectivity index (χ0) is 8.32. The molecule has 64 valence electrons. The van der Waals surface area contributed by atoms with Crippen LogP contribution in [0.25, 0.3) is 0 Å². The fourth-order valence-electron chi connectivity index (χ4n) is 1.01. The minimum atomic E-state index is 0. The van der Waals surface area contributed by atoms with Crippen LogP contribution in [0.4, 0.5) is 5.69 Å². The van der Waals surface area contributed by atoms with Crippen LogP contribution in [0.2, 0.25) is 0 Å². The molecule has 1 nitrogen and oxygen atoms in total. The fourth-order valence-corrected chi connectivity index (χ4v) is 1.01. The molecule has 0 aromatic heterocycles. The summed E-state index contributed by atoms with van der Waals surface area (Å²) in [5.41, 5.74) is 1.37. The van der Waals surface area contributed by atoms with E-state index in [-0.39, 0.29) is 8.41 Å². The van der Waals surface area contributed by atoms with Crippen molar-refractivity contribution >= 4 is 14.1 Å². The summed E-state index contributed by atoms with van der Waals surface area (Å²) >= 11 is 0. The summed E-state index contributed by atoms with van der Waals surface area (Å²) in [4.78, 5) is 0. The summed E-state index contributed by atoms with van der Waals surface area (Å²) < 4.78 is 0.959. The molecule has 0 N–H and O–H groups in total. The molecule has 2 heteroatoms. The van der Waals surface area contributed by atoms with E-state index < -0.39 is 0 Å². The molecular weight excluding hydrogens is 145 g/mol. The normalized spacial score (nSPS) is 10.6. The first-order valence-corrected chi connectivity index (χ1v) is 4.05. The average molecular weight is 161 g/mol. The molecule has 0 aliphatic rings.